The second-order valence-electron chi connectivity index (χ2n) is 7.28. The third kappa shape index (κ3) is 6.80. The Kier molecular flexibility index (Phi) is 8.41. The van der Waals surface area contributed by atoms with Gasteiger partial charge in [-0.15, -0.1) is 0 Å². The molecule has 2 N–H and O–H groups in total. The lowest BCUT2D eigenvalue weighted by Gasteiger charge is -2.27. The molecule has 0 aliphatic rings. The van der Waals surface area contributed by atoms with E-state index >= 15 is 0 Å². The number of nitriles is 1. The van der Waals surface area contributed by atoms with Gasteiger partial charge in [0.15, 0.2) is 9.84 Å². The van der Waals surface area contributed by atoms with Gasteiger partial charge < -0.3 is 5.32 Å². The Balaban J connectivity index is 2.28. The van der Waals surface area contributed by atoms with E-state index in [0.717, 1.165) is 6.26 Å². The highest BCUT2D eigenvalue weighted by Gasteiger charge is 2.42. The first-order valence-corrected chi connectivity index (χ1v) is 11.7. The molecular weight excluding hydrogens is 443 g/mol. The summed E-state index contributed by atoms with van der Waals surface area (Å²) >= 11 is 0. The summed E-state index contributed by atoms with van der Waals surface area (Å²) in [7, 11) is -3.35. The smallest absolute Gasteiger partial charge is 0.342 e. The standard InChI is InChI=1S/C22H24F3N3O3S/c1-3-4-19(21(29)27-14-13-26)28-20(22(23,24)25)17-7-5-15(6-8-17)16-9-11-18(12-10-16)32(2,30)31/h5-12,19-20,28H,3-4,14H2,1-2H3,(H,27,29)/t19-,20-/m0/s1. The lowest BCUT2D eigenvalue weighted by Crippen LogP contribution is -2.49. The number of rotatable bonds is 9. The number of alkyl halides is 3. The Morgan fingerprint density at radius 3 is 2.03 bits per heavy atom. The third-order valence-electron chi connectivity index (χ3n) is 4.79. The molecule has 2 rings (SSSR count). The molecule has 2 atom stereocenters. The zero-order valence-electron chi connectivity index (χ0n) is 17.6. The Morgan fingerprint density at radius 1 is 1.06 bits per heavy atom. The van der Waals surface area contributed by atoms with Crippen LogP contribution in [0.15, 0.2) is 53.4 Å². The molecule has 0 fully saturated rings. The number of nitrogens with zero attached hydrogens (tertiary/aromatic N) is 1. The van der Waals surface area contributed by atoms with Crippen LogP contribution < -0.4 is 10.6 Å². The number of sulfone groups is 1. The summed E-state index contributed by atoms with van der Waals surface area (Å²) in [6.07, 6.45) is -2.91. The van der Waals surface area contributed by atoms with E-state index in [2.05, 4.69) is 10.6 Å². The van der Waals surface area contributed by atoms with E-state index < -0.39 is 34.0 Å². The lowest BCUT2D eigenvalue weighted by atomic mass is 9.99. The van der Waals surface area contributed by atoms with Crippen LogP contribution in [0.25, 0.3) is 11.1 Å². The summed E-state index contributed by atoms with van der Waals surface area (Å²) in [5, 5.41) is 13.3. The van der Waals surface area contributed by atoms with Crippen molar-refractivity contribution >= 4 is 15.7 Å². The topological polar surface area (TPSA) is 99.1 Å². The molecule has 2 aromatic rings. The predicted octanol–water partition coefficient (Wildman–Crippen LogP) is 3.76. The molecule has 1 amide bonds. The van der Waals surface area contributed by atoms with Gasteiger partial charge in [0.2, 0.25) is 5.91 Å². The zero-order chi connectivity index (χ0) is 23.9. The number of carbonyl (C=O) groups excluding carboxylic acids is 1. The van der Waals surface area contributed by atoms with Crippen LogP contribution >= 0.6 is 0 Å². The van der Waals surface area contributed by atoms with Crippen LogP contribution in [0.1, 0.15) is 31.4 Å². The molecule has 172 valence electrons. The fourth-order valence-corrected chi connectivity index (χ4v) is 3.80. The number of halogens is 3. The number of benzene rings is 2. The predicted molar refractivity (Wildman–Crippen MR) is 114 cm³/mol. The maximum absolute atomic E-state index is 13.8. The fourth-order valence-electron chi connectivity index (χ4n) is 3.17. The first-order chi connectivity index (χ1) is 15.0. The molecule has 0 radical (unpaired) electrons. The van der Waals surface area contributed by atoms with Crippen LogP contribution in [0.3, 0.4) is 0 Å². The average molecular weight is 468 g/mol. The van der Waals surface area contributed by atoms with E-state index in [-0.39, 0.29) is 23.4 Å². The fraction of sp³-hybridized carbons (Fsp3) is 0.364. The Hall–Kier alpha value is -2.90. The first kappa shape index (κ1) is 25.4. The van der Waals surface area contributed by atoms with Gasteiger partial charge in [0.05, 0.1) is 17.0 Å². The summed E-state index contributed by atoms with van der Waals surface area (Å²) in [6, 6.07) is 10.3. The quantitative estimate of drug-likeness (QED) is 0.547. The number of amides is 1. The van der Waals surface area contributed by atoms with Crippen LogP contribution in [0.5, 0.6) is 0 Å². The highest BCUT2D eigenvalue weighted by atomic mass is 32.2. The van der Waals surface area contributed by atoms with Crippen LogP contribution in [-0.2, 0) is 14.6 Å². The molecule has 0 aromatic heterocycles. The first-order valence-electron chi connectivity index (χ1n) is 9.85. The maximum Gasteiger partial charge on any atom is 0.407 e. The molecular formula is C22H24F3N3O3S. The molecule has 0 aliphatic carbocycles. The molecule has 0 saturated heterocycles. The van der Waals surface area contributed by atoms with E-state index in [0.29, 0.717) is 17.5 Å². The molecule has 0 aliphatic heterocycles. The normalized spacial score (nSPS) is 13.8. The van der Waals surface area contributed by atoms with Crippen LogP contribution in [0, 0.1) is 11.3 Å². The molecule has 6 nitrogen and oxygen atoms in total. The van der Waals surface area contributed by atoms with Crippen molar-refractivity contribution in [2.75, 3.05) is 12.8 Å². The Bertz CT molecular complexity index is 1060. The number of nitrogens with one attached hydrogen (secondary N) is 2. The third-order valence-corrected chi connectivity index (χ3v) is 5.92. The highest BCUT2D eigenvalue weighted by molar-refractivity contribution is 7.90. The van der Waals surface area contributed by atoms with Crippen LogP contribution in [0.2, 0.25) is 0 Å². The van der Waals surface area contributed by atoms with Gasteiger partial charge in [-0.05, 0) is 35.2 Å². The van der Waals surface area contributed by atoms with Gasteiger partial charge in [-0.25, -0.2) is 8.42 Å². The van der Waals surface area contributed by atoms with E-state index in [4.69, 9.17) is 5.26 Å². The van der Waals surface area contributed by atoms with Crippen molar-refractivity contribution in [3.8, 4) is 17.2 Å². The largest absolute Gasteiger partial charge is 0.407 e. The summed E-state index contributed by atoms with van der Waals surface area (Å²) < 4.78 is 64.5. The highest BCUT2D eigenvalue weighted by Crippen LogP contribution is 2.34. The molecule has 0 unspecified atom stereocenters. The molecule has 0 spiro atoms. The number of carbonyl (C=O) groups is 1. The average Bonchev–Trinajstić information content (AvgIpc) is 2.73. The van der Waals surface area contributed by atoms with Gasteiger partial charge >= 0.3 is 6.18 Å². The molecule has 0 saturated carbocycles. The maximum atomic E-state index is 13.8. The summed E-state index contributed by atoms with van der Waals surface area (Å²) in [5.41, 5.74) is 1.20. The monoisotopic (exact) mass is 467 g/mol. The van der Waals surface area contributed by atoms with Crippen molar-refractivity contribution in [2.45, 2.75) is 42.9 Å². The summed E-state index contributed by atoms with van der Waals surface area (Å²) in [6.45, 7) is 1.46. The molecule has 0 heterocycles. The van der Waals surface area contributed by atoms with Crippen molar-refractivity contribution in [1.29, 1.82) is 5.26 Å². The van der Waals surface area contributed by atoms with Crippen LogP contribution in [-0.4, -0.2) is 39.3 Å². The van der Waals surface area contributed by atoms with Crippen molar-refractivity contribution < 1.29 is 26.4 Å². The van der Waals surface area contributed by atoms with Crippen molar-refractivity contribution in [3.63, 3.8) is 0 Å². The second-order valence-corrected chi connectivity index (χ2v) is 9.29. The van der Waals surface area contributed by atoms with Crippen molar-refractivity contribution in [1.82, 2.24) is 10.6 Å². The molecule has 10 heteroatoms. The molecule has 0 bridgehead atoms. The number of hydrogen-bond acceptors (Lipinski definition) is 5. The van der Waals surface area contributed by atoms with Crippen LogP contribution in [0.4, 0.5) is 13.2 Å². The van der Waals surface area contributed by atoms with E-state index in [1.807, 2.05) is 0 Å². The molecule has 2 aromatic carbocycles. The van der Waals surface area contributed by atoms with E-state index in [1.54, 1.807) is 25.1 Å². The zero-order valence-corrected chi connectivity index (χ0v) is 18.4. The SMILES string of the molecule is CCC[C@H](N[C@@H](c1ccc(-c2ccc(S(C)(=O)=O)cc2)cc1)C(F)(F)F)C(=O)NCC#N. The van der Waals surface area contributed by atoms with Gasteiger partial charge in [-0.3, -0.25) is 10.1 Å². The van der Waals surface area contributed by atoms with E-state index in [9.17, 15) is 26.4 Å². The van der Waals surface area contributed by atoms with Gasteiger partial charge in [-0.2, -0.15) is 18.4 Å². The minimum Gasteiger partial charge on any atom is -0.342 e. The van der Waals surface area contributed by atoms with Crippen molar-refractivity contribution in [2.24, 2.45) is 0 Å². The second kappa shape index (κ2) is 10.6. The van der Waals surface area contributed by atoms with Gasteiger partial charge in [0.1, 0.15) is 12.6 Å². The van der Waals surface area contributed by atoms with Gasteiger partial charge in [-0.1, -0.05) is 49.7 Å². The number of hydrogen-bond donors (Lipinski definition) is 2. The minimum absolute atomic E-state index is 0.0665. The summed E-state index contributed by atoms with van der Waals surface area (Å²) in [4.78, 5) is 12.3. The van der Waals surface area contributed by atoms with Gasteiger partial charge in [0, 0.05) is 6.26 Å². The minimum atomic E-state index is -4.65. The summed E-state index contributed by atoms with van der Waals surface area (Å²) in [5.74, 6) is -0.662. The van der Waals surface area contributed by atoms with Crippen molar-refractivity contribution in [3.05, 3.63) is 54.1 Å². The molecule has 32 heavy (non-hydrogen) atoms. The van der Waals surface area contributed by atoms with Gasteiger partial charge in [0.25, 0.3) is 0 Å². The Labute approximate surface area is 185 Å². The lowest BCUT2D eigenvalue weighted by molar-refractivity contribution is -0.161. The van der Waals surface area contributed by atoms with E-state index in [1.165, 1.54) is 36.4 Å². The Morgan fingerprint density at radius 2 is 1.59 bits per heavy atom.